The summed E-state index contributed by atoms with van der Waals surface area (Å²) in [6.07, 6.45) is 5.12. The van der Waals surface area contributed by atoms with Gasteiger partial charge in [0.25, 0.3) is 5.91 Å². The van der Waals surface area contributed by atoms with Crippen LogP contribution in [0.1, 0.15) is 21.8 Å². The van der Waals surface area contributed by atoms with Crippen molar-refractivity contribution in [2.75, 3.05) is 31.6 Å². The van der Waals surface area contributed by atoms with Crippen LogP contribution in [-0.4, -0.2) is 59.8 Å². The number of hydrogen-bond acceptors (Lipinski definition) is 7. The number of carbonyl (C=O) groups excluding carboxylic acids is 1. The predicted molar refractivity (Wildman–Crippen MR) is 108 cm³/mol. The Morgan fingerprint density at radius 2 is 2.29 bits per heavy atom. The fourth-order valence-corrected chi connectivity index (χ4v) is 4.51. The van der Waals surface area contributed by atoms with Crippen molar-refractivity contribution in [3.8, 4) is 10.6 Å². The van der Waals surface area contributed by atoms with Crippen LogP contribution in [0.15, 0.2) is 35.2 Å². The van der Waals surface area contributed by atoms with Gasteiger partial charge < -0.3 is 15.5 Å². The summed E-state index contributed by atoms with van der Waals surface area (Å²) in [5.74, 6) is 0.654. The molecule has 0 aliphatic carbocycles. The fraction of sp³-hybridized carbons (Fsp3) is 0.368. The molecule has 7 nitrogen and oxygen atoms in total. The van der Waals surface area contributed by atoms with Gasteiger partial charge in [0.2, 0.25) is 0 Å². The Kier molecular flexibility index (Phi) is 5.08. The summed E-state index contributed by atoms with van der Waals surface area (Å²) in [5.41, 5.74) is 7.88. The van der Waals surface area contributed by atoms with E-state index in [2.05, 4.69) is 15.0 Å². The first-order valence-electron chi connectivity index (χ1n) is 9.11. The minimum absolute atomic E-state index is 0.114. The zero-order valence-electron chi connectivity index (χ0n) is 15.5. The summed E-state index contributed by atoms with van der Waals surface area (Å²) < 4.78 is 13.4. The number of nitrogens with two attached hydrogens (primary N) is 1. The smallest absolute Gasteiger partial charge is 0.270 e. The maximum absolute atomic E-state index is 13.4. The third kappa shape index (κ3) is 3.37. The largest absolute Gasteiger partial charge is 0.403 e. The molecule has 9 heteroatoms. The second-order valence-electron chi connectivity index (χ2n) is 6.72. The van der Waals surface area contributed by atoms with E-state index in [1.165, 1.54) is 17.5 Å². The highest BCUT2D eigenvalue weighted by Gasteiger charge is 2.30. The van der Waals surface area contributed by atoms with Crippen LogP contribution in [0.5, 0.6) is 0 Å². The average Bonchev–Trinajstić information content (AvgIpc) is 3.34. The number of fused-ring (bicyclic) bond motifs is 1. The number of nitrogens with zero attached hydrogens (tertiary/aromatic N) is 5. The van der Waals surface area contributed by atoms with E-state index in [0.717, 1.165) is 22.1 Å². The van der Waals surface area contributed by atoms with Gasteiger partial charge in [0.1, 0.15) is 21.9 Å². The molecular weight excluding hydrogens is 379 g/mol. The van der Waals surface area contributed by atoms with E-state index < -0.39 is 6.17 Å². The van der Waals surface area contributed by atoms with E-state index in [4.69, 9.17) is 5.73 Å². The number of aromatic nitrogens is 2. The van der Waals surface area contributed by atoms with Crippen LogP contribution in [0, 0.1) is 0 Å². The molecule has 2 aromatic rings. The third-order valence-corrected chi connectivity index (χ3v) is 6.04. The molecule has 0 unspecified atom stereocenters. The molecule has 2 aromatic heterocycles. The van der Waals surface area contributed by atoms with Crippen molar-refractivity contribution in [3.63, 3.8) is 0 Å². The van der Waals surface area contributed by atoms with Crippen LogP contribution in [0.3, 0.4) is 0 Å². The monoisotopic (exact) mass is 400 g/mol. The molecule has 2 aliphatic rings. The van der Waals surface area contributed by atoms with Gasteiger partial charge in [0.05, 0.1) is 17.9 Å². The topological polar surface area (TPSA) is 87.7 Å². The number of thiazole rings is 1. The zero-order chi connectivity index (χ0) is 19.7. The summed E-state index contributed by atoms with van der Waals surface area (Å²) in [6.45, 7) is 1.59. The van der Waals surface area contributed by atoms with Crippen molar-refractivity contribution in [3.05, 3.63) is 40.8 Å². The first kappa shape index (κ1) is 18.5. The molecule has 0 bridgehead atoms. The molecule has 4 rings (SSSR count). The van der Waals surface area contributed by atoms with Crippen molar-refractivity contribution in [2.45, 2.75) is 19.0 Å². The molecule has 1 atom stereocenters. The van der Waals surface area contributed by atoms with Crippen molar-refractivity contribution in [1.82, 2.24) is 14.9 Å². The second kappa shape index (κ2) is 7.67. The van der Waals surface area contributed by atoms with E-state index in [1.54, 1.807) is 24.4 Å². The van der Waals surface area contributed by atoms with Crippen LogP contribution >= 0.6 is 11.3 Å². The van der Waals surface area contributed by atoms with Crippen LogP contribution < -0.4 is 10.6 Å². The minimum Gasteiger partial charge on any atom is -0.403 e. The molecule has 4 heterocycles. The SMILES string of the molecule is CN=C/C(=C\N)N1CCc2nc(-c3ccc(N4CC[C@H](F)C4)nc3)sc2C1=O. The van der Waals surface area contributed by atoms with E-state index in [0.29, 0.717) is 43.1 Å². The van der Waals surface area contributed by atoms with E-state index in [1.807, 2.05) is 17.0 Å². The van der Waals surface area contributed by atoms with E-state index >= 15 is 0 Å². The van der Waals surface area contributed by atoms with Crippen molar-refractivity contribution < 1.29 is 9.18 Å². The molecule has 1 amide bonds. The summed E-state index contributed by atoms with van der Waals surface area (Å²) in [6, 6.07) is 3.81. The molecular formula is C19H21FN6OS. The lowest BCUT2D eigenvalue weighted by Gasteiger charge is -2.26. The molecule has 146 valence electrons. The minimum atomic E-state index is -0.786. The lowest BCUT2D eigenvalue weighted by atomic mass is 10.1. The zero-order valence-corrected chi connectivity index (χ0v) is 16.3. The Morgan fingerprint density at radius 3 is 2.93 bits per heavy atom. The van der Waals surface area contributed by atoms with Gasteiger partial charge in [-0.3, -0.25) is 9.79 Å². The van der Waals surface area contributed by atoms with Crippen LogP contribution in [0.25, 0.3) is 10.6 Å². The highest BCUT2D eigenvalue weighted by atomic mass is 32.1. The van der Waals surface area contributed by atoms with Gasteiger partial charge in [-0.15, -0.1) is 11.3 Å². The van der Waals surface area contributed by atoms with Gasteiger partial charge in [-0.05, 0) is 18.6 Å². The van der Waals surface area contributed by atoms with Crippen LogP contribution in [-0.2, 0) is 6.42 Å². The van der Waals surface area contributed by atoms with E-state index in [-0.39, 0.29) is 5.91 Å². The highest BCUT2D eigenvalue weighted by molar-refractivity contribution is 7.17. The molecule has 1 saturated heterocycles. The fourth-order valence-electron chi connectivity index (χ4n) is 3.46. The summed E-state index contributed by atoms with van der Waals surface area (Å²) in [5, 5.41) is 0.756. The number of allylic oxidation sites excluding steroid dienone is 1. The quantitative estimate of drug-likeness (QED) is 0.796. The third-order valence-electron chi connectivity index (χ3n) is 4.90. The Balaban J connectivity index is 1.57. The lowest BCUT2D eigenvalue weighted by Crippen LogP contribution is -2.37. The maximum atomic E-state index is 13.4. The maximum Gasteiger partial charge on any atom is 0.270 e. The Labute approximate surface area is 166 Å². The summed E-state index contributed by atoms with van der Waals surface area (Å²) >= 11 is 1.36. The van der Waals surface area contributed by atoms with Gasteiger partial charge in [0, 0.05) is 50.7 Å². The van der Waals surface area contributed by atoms with Gasteiger partial charge in [0.15, 0.2) is 0 Å². The predicted octanol–water partition coefficient (Wildman–Crippen LogP) is 2.25. The van der Waals surface area contributed by atoms with Gasteiger partial charge >= 0.3 is 0 Å². The number of alkyl halides is 1. The molecule has 0 radical (unpaired) electrons. The number of amides is 1. The molecule has 2 aliphatic heterocycles. The van der Waals surface area contributed by atoms with Gasteiger partial charge in [-0.25, -0.2) is 14.4 Å². The van der Waals surface area contributed by atoms with Crippen LogP contribution in [0.4, 0.5) is 10.2 Å². The van der Waals surface area contributed by atoms with Crippen molar-refractivity contribution >= 4 is 29.3 Å². The van der Waals surface area contributed by atoms with Crippen LogP contribution in [0.2, 0.25) is 0 Å². The molecule has 0 aromatic carbocycles. The van der Waals surface area contributed by atoms with Gasteiger partial charge in [-0.1, -0.05) is 0 Å². The molecule has 1 fully saturated rings. The number of aliphatic imine (C=N–C) groups is 1. The highest BCUT2D eigenvalue weighted by Crippen LogP contribution is 2.33. The number of carbonyl (C=O) groups is 1. The molecule has 0 saturated carbocycles. The van der Waals surface area contributed by atoms with E-state index in [9.17, 15) is 9.18 Å². The number of halogens is 1. The summed E-state index contributed by atoms with van der Waals surface area (Å²) in [4.78, 5) is 30.1. The Bertz CT molecular complexity index is 938. The first-order valence-corrected chi connectivity index (χ1v) is 9.93. The lowest BCUT2D eigenvalue weighted by molar-refractivity contribution is 0.0805. The molecule has 0 spiro atoms. The van der Waals surface area contributed by atoms with Gasteiger partial charge in [-0.2, -0.15) is 0 Å². The summed E-state index contributed by atoms with van der Waals surface area (Å²) in [7, 11) is 1.64. The molecule has 2 N–H and O–H groups in total. The number of hydrogen-bond donors (Lipinski definition) is 1. The van der Waals surface area contributed by atoms with Crippen molar-refractivity contribution in [2.24, 2.45) is 10.7 Å². The Morgan fingerprint density at radius 1 is 1.43 bits per heavy atom. The standard InChI is InChI=1S/C19H21FN6OS/c1-22-10-14(8-21)26-7-5-15-17(19(26)27)28-18(24-15)12-2-3-16(23-9-12)25-6-4-13(20)11-25/h2-3,8-10,13H,4-7,11,21H2,1H3/b14-8+,22-10?/t13-/m0/s1. The first-order chi connectivity index (χ1) is 13.6. The molecule has 28 heavy (non-hydrogen) atoms. The van der Waals surface area contributed by atoms with Crippen molar-refractivity contribution in [1.29, 1.82) is 0 Å². The Hall–Kier alpha value is -2.81. The normalized spacial score (nSPS) is 20.3. The number of anilines is 1. The average molecular weight is 400 g/mol. The second-order valence-corrected chi connectivity index (χ2v) is 7.72. The number of pyridine rings is 1. The number of rotatable bonds is 4.